The zero-order valence-corrected chi connectivity index (χ0v) is 35.8. The van der Waals surface area contributed by atoms with E-state index in [-0.39, 0.29) is 82.5 Å². The number of halogens is 2. The van der Waals surface area contributed by atoms with Crippen LogP contribution < -0.4 is 31.9 Å². The lowest BCUT2D eigenvalue weighted by Crippen LogP contribution is -2.45. The number of carbonyl (C=O) groups is 3. The van der Waals surface area contributed by atoms with E-state index >= 15 is 4.39 Å². The Kier molecular flexibility index (Phi) is 11.9. The van der Waals surface area contributed by atoms with Gasteiger partial charge >= 0.3 is 17.5 Å². The van der Waals surface area contributed by atoms with Crippen LogP contribution in [0.5, 0.6) is 0 Å². The third-order valence-electron chi connectivity index (χ3n) is 11.4. The molecule has 342 valence electrons. The van der Waals surface area contributed by atoms with Crippen molar-refractivity contribution in [3.8, 4) is 0 Å². The van der Waals surface area contributed by atoms with Crippen molar-refractivity contribution >= 4 is 75.3 Å². The minimum atomic E-state index is -1.45. The molecule has 0 radical (unpaired) electrons. The Labute approximate surface area is 379 Å². The van der Waals surface area contributed by atoms with Crippen molar-refractivity contribution in [1.82, 2.24) is 19.9 Å². The van der Waals surface area contributed by atoms with Crippen LogP contribution in [0.25, 0.3) is 0 Å². The van der Waals surface area contributed by atoms with Gasteiger partial charge in [0.25, 0.3) is 0 Å². The van der Waals surface area contributed by atoms with Crippen molar-refractivity contribution in [2.24, 2.45) is 0 Å². The number of nitro groups is 2. The maximum Gasteiger partial charge on any atom is 0.412 e. The number of ketones is 2. The molecule has 0 fully saturated rings. The molecule has 6 aromatic rings. The van der Waals surface area contributed by atoms with Gasteiger partial charge in [0, 0.05) is 28.7 Å². The Morgan fingerprint density at radius 1 is 0.821 bits per heavy atom. The minimum absolute atomic E-state index is 0.0743. The molecule has 7 N–H and O–H groups in total. The second-order valence-electron chi connectivity index (χ2n) is 16.7. The van der Waals surface area contributed by atoms with Crippen molar-refractivity contribution < 1.29 is 38.1 Å². The summed E-state index contributed by atoms with van der Waals surface area (Å²) in [5.74, 6) is -4.88. The fourth-order valence-electron chi connectivity index (χ4n) is 8.38. The summed E-state index contributed by atoms with van der Waals surface area (Å²) in [5.41, 5.74) is 4.67. The number of nitrogens with one attached hydrogen (secondary N) is 4. The van der Waals surface area contributed by atoms with E-state index in [4.69, 9.17) is 5.73 Å². The van der Waals surface area contributed by atoms with Crippen molar-refractivity contribution in [2.75, 3.05) is 31.9 Å². The lowest BCUT2D eigenvalue weighted by molar-refractivity contribution is -0.384. The zero-order chi connectivity index (χ0) is 47.9. The van der Waals surface area contributed by atoms with Crippen LogP contribution in [-0.2, 0) is 0 Å². The number of Topliss-reactive ketones (excluding diaryl/α,β-unsaturated/α-hetero) is 2. The van der Waals surface area contributed by atoms with Gasteiger partial charge in [-0.3, -0.25) is 34.7 Å². The molecule has 2 aliphatic carbocycles. The summed E-state index contributed by atoms with van der Waals surface area (Å²) in [6.45, 7) is 4.77. The third kappa shape index (κ3) is 8.91. The number of hydrogen-bond donors (Lipinski definition) is 6. The number of nitrogens with zero attached hydrogens (tertiary/aromatic N) is 7. The van der Waals surface area contributed by atoms with Crippen molar-refractivity contribution in [3.63, 3.8) is 0 Å². The number of anilines is 8. The minimum Gasteiger partial charge on any atom is -0.465 e. The maximum atomic E-state index is 16.9. The Balaban J connectivity index is 1.24. The number of carboxylic acid groups (broad SMARTS) is 1. The van der Waals surface area contributed by atoms with Gasteiger partial charge in [-0.1, -0.05) is 48.5 Å². The molecule has 0 spiro atoms. The molecule has 0 aliphatic heterocycles. The first kappa shape index (κ1) is 44.9. The normalized spacial score (nSPS) is 16.6. The number of aromatic nitrogens is 4. The van der Waals surface area contributed by atoms with Crippen LogP contribution in [0, 0.1) is 31.9 Å². The van der Waals surface area contributed by atoms with Crippen LogP contribution in [0.3, 0.4) is 0 Å². The zero-order valence-electron chi connectivity index (χ0n) is 35.8. The highest BCUT2D eigenvalue weighted by Crippen LogP contribution is 2.48. The number of hydrogen-bond acceptors (Lipinski definition) is 16. The quantitative estimate of drug-likeness (QED) is 0.0378. The van der Waals surface area contributed by atoms with E-state index in [1.165, 1.54) is 18.2 Å². The van der Waals surface area contributed by atoms with Crippen LogP contribution in [0.1, 0.15) is 95.4 Å². The van der Waals surface area contributed by atoms with E-state index in [2.05, 4.69) is 41.2 Å². The van der Waals surface area contributed by atoms with E-state index in [1.807, 2.05) is 0 Å². The molecule has 67 heavy (non-hydrogen) atoms. The summed E-state index contributed by atoms with van der Waals surface area (Å²) in [4.78, 5) is 81.6. The SMILES string of the molecule is CC(C)(C)N(C(=O)O)c1ccc(F)c([C@H]2C[C@@H](Nc3nc(Nc4cc(F)ccc4N)ncc3[N+](=O)[O-])c3ccccc3C2=O)c1Nc1ncc([N+](=O)[O-])c(N[C@@H]2CCC(=O)c3ccccc32)n1. The smallest absolute Gasteiger partial charge is 0.412 e. The van der Waals surface area contributed by atoms with Gasteiger partial charge in [0.2, 0.25) is 23.5 Å². The standard InChI is InChI=1S/C45H40F2N12O8/c1-45(2,3)57(44(62)63)33-16-13-28(47)37(38(33)54-43-50-21-34(58(64)65)40(56-43)51-30-15-17-36(60)25-10-6-4-8-23(25)30)27-19-31(24-9-5-7-11-26(24)39(27)61)52-41-35(59(66)67)20-49-42(55-41)53-32-18-22(46)12-14-29(32)48/h4-14,16,18,20-21,27,30-31H,15,17,19,48H2,1-3H3,(H,62,63)(H2,49,52,53,55)(H2,50,51,54,56)/t27-,30-,31-/m1/s1. The summed E-state index contributed by atoms with van der Waals surface area (Å²) in [7, 11) is 0. The monoisotopic (exact) mass is 914 g/mol. The summed E-state index contributed by atoms with van der Waals surface area (Å²) < 4.78 is 31.0. The predicted molar refractivity (Wildman–Crippen MR) is 242 cm³/mol. The fraction of sp³-hybridized carbons (Fsp3) is 0.222. The highest BCUT2D eigenvalue weighted by Gasteiger charge is 2.41. The Morgan fingerprint density at radius 2 is 1.40 bits per heavy atom. The summed E-state index contributed by atoms with van der Waals surface area (Å²) >= 11 is 0. The van der Waals surface area contributed by atoms with E-state index in [0.29, 0.717) is 16.7 Å². The molecular formula is C45H40F2N12O8. The van der Waals surface area contributed by atoms with Gasteiger partial charge in [0.05, 0.1) is 50.6 Å². The Hall–Kier alpha value is -8.69. The second kappa shape index (κ2) is 17.7. The van der Waals surface area contributed by atoms with Gasteiger partial charge < -0.3 is 32.1 Å². The molecular weight excluding hydrogens is 875 g/mol. The van der Waals surface area contributed by atoms with Gasteiger partial charge in [0.1, 0.15) is 24.0 Å². The fourth-order valence-corrected chi connectivity index (χ4v) is 8.38. The number of rotatable bonds is 12. The topological polar surface area (TPSA) is 287 Å². The number of benzene rings is 4. The van der Waals surface area contributed by atoms with Crippen LogP contribution >= 0.6 is 0 Å². The number of fused-ring (bicyclic) bond motifs is 2. The van der Waals surface area contributed by atoms with Gasteiger partial charge in [-0.05, 0) is 75.1 Å². The first-order chi connectivity index (χ1) is 31.9. The summed E-state index contributed by atoms with van der Waals surface area (Å²) in [6, 6.07) is 17.2. The summed E-state index contributed by atoms with van der Waals surface area (Å²) in [5, 5.41) is 47.1. The number of nitrogen functional groups attached to an aromatic ring is 1. The molecule has 0 unspecified atom stereocenters. The molecule has 2 aromatic heterocycles. The Morgan fingerprint density at radius 3 is 2.01 bits per heavy atom. The lowest BCUT2D eigenvalue weighted by atomic mass is 9.75. The first-order valence-electron chi connectivity index (χ1n) is 20.7. The molecule has 2 heterocycles. The Bertz CT molecular complexity index is 3020. The van der Waals surface area contributed by atoms with Crippen LogP contribution in [-0.4, -0.2) is 58.1 Å². The molecule has 0 bridgehead atoms. The number of amides is 1. The van der Waals surface area contributed by atoms with E-state index in [0.717, 1.165) is 35.5 Å². The van der Waals surface area contributed by atoms with E-state index < -0.39 is 68.3 Å². The largest absolute Gasteiger partial charge is 0.465 e. The molecule has 2 aliphatic rings. The van der Waals surface area contributed by atoms with Crippen molar-refractivity contribution in [1.29, 1.82) is 0 Å². The summed E-state index contributed by atoms with van der Waals surface area (Å²) in [6.07, 6.45) is 0.510. The predicted octanol–water partition coefficient (Wildman–Crippen LogP) is 9.37. The van der Waals surface area contributed by atoms with Gasteiger partial charge in [-0.15, -0.1) is 0 Å². The maximum absolute atomic E-state index is 16.9. The second-order valence-corrected chi connectivity index (χ2v) is 16.7. The molecule has 0 saturated heterocycles. The van der Waals surface area contributed by atoms with Gasteiger partial charge in [0.15, 0.2) is 11.6 Å². The lowest BCUT2D eigenvalue weighted by Gasteiger charge is -2.37. The van der Waals surface area contributed by atoms with E-state index in [9.17, 15) is 44.1 Å². The van der Waals surface area contributed by atoms with Crippen LogP contribution in [0.15, 0.2) is 91.3 Å². The van der Waals surface area contributed by atoms with Crippen LogP contribution in [0.2, 0.25) is 0 Å². The highest BCUT2D eigenvalue weighted by molar-refractivity contribution is 6.06. The average Bonchev–Trinajstić information content (AvgIpc) is 3.27. The van der Waals surface area contributed by atoms with Gasteiger partial charge in [-0.25, -0.2) is 23.5 Å². The molecule has 0 saturated carbocycles. The molecule has 4 aromatic carbocycles. The molecule has 3 atom stereocenters. The first-order valence-corrected chi connectivity index (χ1v) is 20.7. The third-order valence-corrected chi connectivity index (χ3v) is 11.4. The van der Waals surface area contributed by atoms with Crippen molar-refractivity contribution in [3.05, 3.63) is 151 Å². The molecule has 22 heteroatoms. The van der Waals surface area contributed by atoms with Gasteiger partial charge in [-0.2, -0.15) is 9.97 Å². The number of carbonyl (C=O) groups excluding carboxylic acids is 2. The van der Waals surface area contributed by atoms with Crippen molar-refractivity contribution in [2.45, 2.75) is 63.6 Å². The van der Waals surface area contributed by atoms with Crippen LogP contribution in [0.4, 0.5) is 71.2 Å². The average molecular weight is 915 g/mol. The molecule has 8 rings (SSSR count). The van der Waals surface area contributed by atoms with E-state index in [1.54, 1.807) is 63.2 Å². The number of nitrogens with two attached hydrogens (primary N) is 1. The highest BCUT2D eigenvalue weighted by atomic mass is 19.1. The molecule has 20 nitrogen and oxygen atoms in total. The molecule has 1 amide bonds.